The minimum absolute atomic E-state index is 0. The monoisotopic (exact) mass is 262 g/mol. The van der Waals surface area contributed by atoms with E-state index in [0.717, 1.165) is 0 Å². The second-order valence-electron chi connectivity index (χ2n) is 0.448. The van der Waals surface area contributed by atoms with E-state index in [9.17, 15) is 0 Å². The summed E-state index contributed by atoms with van der Waals surface area (Å²) in [6.45, 7) is 0. The molecule has 4 nitrogen and oxygen atoms in total. The van der Waals surface area contributed by atoms with E-state index in [0.29, 0.717) is 0 Å². The van der Waals surface area contributed by atoms with Gasteiger partial charge in [-0.25, -0.2) is 0 Å². The van der Waals surface area contributed by atoms with Crippen LogP contribution in [0.15, 0.2) is 0 Å². The minimum Gasteiger partial charge on any atom is 0 e. The third kappa shape index (κ3) is 105. The molecule has 2 N–H and O–H groups in total. The van der Waals surface area contributed by atoms with Crippen LogP contribution in [0.1, 0.15) is 0 Å². The molecular formula is H5NaO4PdS2. The van der Waals surface area contributed by atoms with Crippen molar-refractivity contribution in [3.05, 3.63) is 0 Å². The topological polar surface area (TPSA) is 74.6 Å². The van der Waals surface area contributed by atoms with Crippen molar-refractivity contribution in [2.45, 2.75) is 0 Å². The molecule has 0 aliphatic heterocycles. The van der Waals surface area contributed by atoms with E-state index in [2.05, 4.69) is 0 Å². The first-order valence-electron chi connectivity index (χ1n) is 0.698. The van der Waals surface area contributed by atoms with Crippen molar-refractivity contribution < 1.29 is 37.9 Å². The normalized spacial score (nSPS) is 7.25. The Kier molecular flexibility index (Phi) is 25.0. The molecule has 0 spiro atoms. The maximum atomic E-state index is 8.74. The van der Waals surface area contributed by atoms with Crippen molar-refractivity contribution in [3.8, 4) is 0 Å². The summed E-state index contributed by atoms with van der Waals surface area (Å²) in [5, 5.41) is 0. The first-order chi connectivity index (χ1) is 2.00. The van der Waals surface area contributed by atoms with E-state index in [1.54, 1.807) is 0 Å². The van der Waals surface area contributed by atoms with Crippen LogP contribution < -0.4 is 0 Å². The summed E-state index contributed by atoms with van der Waals surface area (Å²) in [7, 11) is -4.67. The number of hydrogen-bond acceptors (Lipinski definition) is 2. The third-order valence-corrected chi connectivity index (χ3v) is 0. The summed E-state index contributed by atoms with van der Waals surface area (Å²) in [5.74, 6) is 0. The number of rotatable bonds is 0. The van der Waals surface area contributed by atoms with Crippen LogP contribution in [-0.2, 0) is 30.8 Å². The van der Waals surface area contributed by atoms with Crippen molar-refractivity contribution in [2.75, 3.05) is 0 Å². The van der Waals surface area contributed by atoms with Gasteiger partial charge in [0.25, 0.3) is 0 Å². The summed E-state index contributed by atoms with van der Waals surface area (Å²) in [4.78, 5) is 0. The van der Waals surface area contributed by atoms with Gasteiger partial charge < -0.3 is 0 Å². The molecule has 0 aromatic rings. The maximum Gasteiger partial charge on any atom is 0 e. The van der Waals surface area contributed by atoms with Gasteiger partial charge in [-0.05, 0) is 0 Å². The SMILES string of the molecule is O=S(=O)(O)O.S.[NaH].[Pd]. The van der Waals surface area contributed by atoms with E-state index in [-0.39, 0.29) is 63.5 Å². The third-order valence-electron chi connectivity index (χ3n) is 0. The summed E-state index contributed by atoms with van der Waals surface area (Å²) in [5.41, 5.74) is 0. The summed E-state index contributed by atoms with van der Waals surface area (Å²) >= 11 is 0. The largest absolute Gasteiger partial charge is 0 e. The summed E-state index contributed by atoms with van der Waals surface area (Å²) < 4.78 is 31.6. The molecule has 0 bridgehead atoms. The molecule has 0 aromatic carbocycles. The van der Waals surface area contributed by atoms with Crippen molar-refractivity contribution in [2.24, 2.45) is 0 Å². The van der Waals surface area contributed by atoms with Crippen molar-refractivity contribution >= 4 is 53.5 Å². The molecular weight excluding hydrogens is 258 g/mol. The van der Waals surface area contributed by atoms with Crippen molar-refractivity contribution in [3.63, 3.8) is 0 Å². The zero-order valence-electron chi connectivity index (χ0n) is 2.94. The molecule has 0 saturated carbocycles. The Bertz CT molecular complexity index is 97.2. The predicted molar refractivity (Wildman–Crippen MR) is 31.7 cm³/mol. The Labute approximate surface area is 90.4 Å². The first kappa shape index (κ1) is 22.5. The van der Waals surface area contributed by atoms with Crippen LogP contribution in [0.25, 0.3) is 0 Å². The second kappa shape index (κ2) is 8.88. The van der Waals surface area contributed by atoms with Crippen molar-refractivity contribution in [1.82, 2.24) is 0 Å². The van der Waals surface area contributed by atoms with E-state index in [1.807, 2.05) is 0 Å². The Morgan fingerprint density at radius 1 is 1.12 bits per heavy atom. The van der Waals surface area contributed by atoms with Gasteiger partial charge >= 0.3 is 40.0 Å². The van der Waals surface area contributed by atoms with E-state index < -0.39 is 10.4 Å². The van der Waals surface area contributed by atoms with Crippen LogP contribution in [0.4, 0.5) is 0 Å². The minimum atomic E-state index is -4.67. The average molecular weight is 263 g/mol. The molecule has 0 atom stereocenters. The Balaban J connectivity index is -0.0000000267. The van der Waals surface area contributed by atoms with E-state index in [4.69, 9.17) is 17.5 Å². The van der Waals surface area contributed by atoms with Gasteiger partial charge in [-0.2, -0.15) is 21.9 Å². The summed E-state index contributed by atoms with van der Waals surface area (Å²) in [6, 6.07) is 0. The van der Waals surface area contributed by atoms with E-state index >= 15 is 0 Å². The zero-order valence-corrected chi connectivity index (χ0v) is 6.31. The van der Waals surface area contributed by atoms with Crippen LogP contribution in [0.3, 0.4) is 0 Å². The van der Waals surface area contributed by atoms with Gasteiger partial charge in [-0.15, -0.1) is 0 Å². The van der Waals surface area contributed by atoms with Crippen molar-refractivity contribution in [1.29, 1.82) is 0 Å². The molecule has 0 radical (unpaired) electrons. The Morgan fingerprint density at radius 2 is 1.12 bits per heavy atom. The van der Waals surface area contributed by atoms with Gasteiger partial charge in [-0.1, -0.05) is 0 Å². The van der Waals surface area contributed by atoms with Crippen LogP contribution in [0.2, 0.25) is 0 Å². The van der Waals surface area contributed by atoms with Gasteiger partial charge in [0.15, 0.2) is 0 Å². The molecule has 8 heavy (non-hydrogen) atoms. The fourth-order valence-electron chi connectivity index (χ4n) is 0. The Hall–Kier alpha value is 1.88. The van der Waals surface area contributed by atoms with Gasteiger partial charge in [0.1, 0.15) is 0 Å². The quantitative estimate of drug-likeness (QED) is 0.425. The molecule has 0 rings (SSSR count). The molecule has 52 valence electrons. The molecule has 0 aliphatic rings. The van der Waals surface area contributed by atoms with E-state index in [1.165, 1.54) is 0 Å². The molecule has 0 amide bonds. The maximum absolute atomic E-state index is 8.74. The molecule has 0 saturated heterocycles. The molecule has 0 heterocycles. The van der Waals surface area contributed by atoms with Gasteiger partial charge in [0, 0.05) is 20.4 Å². The average Bonchev–Trinajstić information content (AvgIpc) is 0.722. The van der Waals surface area contributed by atoms with Gasteiger partial charge in [-0.3, -0.25) is 9.11 Å². The second-order valence-corrected chi connectivity index (χ2v) is 1.34. The molecule has 0 aliphatic carbocycles. The number of hydrogen-bond donors (Lipinski definition) is 2. The first-order valence-corrected chi connectivity index (χ1v) is 2.10. The van der Waals surface area contributed by atoms with Crippen LogP contribution >= 0.6 is 13.5 Å². The smallest absolute Gasteiger partial charge is 0 e. The van der Waals surface area contributed by atoms with Gasteiger partial charge in [0.05, 0.1) is 0 Å². The fraction of sp³-hybridized carbons (Fsp3) is 0. The fourth-order valence-corrected chi connectivity index (χ4v) is 0. The van der Waals surface area contributed by atoms with Gasteiger partial charge in [0.2, 0.25) is 0 Å². The molecule has 0 fully saturated rings. The standard InChI is InChI=1S/Na.H2O4S.Pd.H2S.H/c;1-5(2,3)4;;;/h;(H2,1,2,3,4);;1H2;. The molecule has 0 aromatic heterocycles. The zero-order chi connectivity index (χ0) is 4.50. The van der Waals surface area contributed by atoms with Crippen LogP contribution in [0.5, 0.6) is 0 Å². The predicted octanol–water partition coefficient (Wildman–Crippen LogP) is -1.19. The Morgan fingerprint density at radius 3 is 1.12 bits per heavy atom. The molecule has 0 unspecified atom stereocenters. The van der Waals surface area contributed by atoms with Crippen LogP contribution in [-0.4, -0.2) is 47.1 Å². The van der Waals surface area contributed by atoms with Crippen LogP contribution in [0, 0.1) is 0 Å². The summed E-state index contributed by atoms with van der Waals surface area (Å²) in [6.07, 6.45) is 0. The molecule has 8 heteroatoms.